The second-order valence-electron chi connectivity index (χ2n) is 5.99. The largest absolute Gasteiger partial charge is 0.449 e. The van der Waals surface area contributed by atoms with Gasteiger partial charge in [-0.3, -0.25) is 14.2 Å². The highest BCUT2D eigenvalue weighted by Gasteiger charge is 2.14. The lowest BCUT2D eigenvalue weighted by Gasteiger charge is -2.07. The summed E-state index contributed by atoms with van der Waals surface area (Å²) in [5.41, 5.74) is 1.65. The van der Waals surface area contributed by atoms with Gasteiger partial charge in [-0.25, -0.2) is 0 Å². The van der Waals surface area contributed by atoms with E-state index in [-0.39, 0.29) is 34.8 Å². The van der Waals surface area contributed by atoms with Gasteiger partial charge in [0.2, 0.25) is 11.5 Å². The standard InChI is InChI=1S/C19H14ClN3O3S/c20-11-5-7-12(8-6-11)21-15(24)9-10-23-18(25)17-16(22-19(23)27)13-3-1-2-4-14(13)26-17/h1-8H,9-10H2,(H,21,24)(H,22,27). The molecule has 0 aliphatic rings. The van der Waals surface area contributed by atoms with E-state index in [0.29, 0.717) is 21.8 Å². The number of H-pyrrole nitrogens is 1. The Morgan fingerprint density at radius 2 is 1.93 bits per heavy atom. The number of nitrogens with zero attached hydrogens (tertiary/aromatic N) is 1. The SMILES string of the molecule is O=C(CCn1c(=S)[nH]c2c(oc3ccccc32)c1=O)Nc1ccc(Cl)cc1. The summed E-state index contributed by atoms with van der Waals surface area (Å²) in [5, 5.41) is 4.14. The molecular weight excluding hydrogens is 386 g/mol. The molecule has 8 heteroatoms. The van der Waals surface area contributed by atoms with Crippen molar-refractivity contribution in [2.45, 2.75) is 13.0 Å². The number of para-hydroxylation sites is 1. The van der Waals surface area contributed by atoms with Crippen molar-refractivity contribution < 1.29 is 9.21 Å². The van der Waals surface area contributed by atoms with Crippen LogP contribution in [0.5, 0.6) is 0 Å². The number of carbonyl (C=O) groups is 1. The molecule has 27 heavy (non-hydrogen) atoms. The van der Waals surface area contributed by atoms with Gasteiger partial charge < -0.3 is 14.7 Å². The molecule has 0 aliphatic carbocycles. The van der Waals surface area contributed by atoms with Crippen LogP contribution in [0, 0.1) is 4.77 Å². The summed E-state index contributed by atoms with van der Waals surface area (Å²) in [6, 6.07) is 14.1. The number of carbonyl (C=O) groups excluding carboxylic acids is 1. The molecule has 2 aromatic heterocycles. The molecule has 0 fully saturated rings. The molecule has 0 unspecified atom stereocenters. The van der Waals surface area contributed by atoms with E-state index < -0.39 is 0 Å². The molecular formula is C19H14ClN3O3S. The number of aromatic amines is 1. The molecule has 2 N–H and O–H groups in total. The average Bonchev–Trinajstić information content (AvgIpc) is 3.02. The average molecular weight is 400 g/mol. The molecule has 0 bridgehead atoms. The molecule has 0 aliphatic heterocycles. The van der Waals surface area contributed by atoms with Crippen molar-refractivity contribution in [1.82, 2.24) is 9.55 Å². The Labute approximate surface area is 163 Å². The Bertz CT molecular complexity index is 1270. The van der Waals surface area contributed by atoms with Crippen molar-refractivity contribution in [1.29, 1.82) is 0 Å². The van der Waals surface area contributed by atoms with Gasteiger partial charge in [0.15, 0.2) is 4.77 Å². The third kappa shape index (κ3) is 3.39. The summed E-state index contributed by atoms with van der Waals surface area (Å²) in [4.78, 5) is 28.0. The van der Waals surface area contributed by atoms with Crippen LogP contribution in [0.15, 0.2) is 57.7 Å². The molecule has 136 valence electrons. The first kappa shape index (κ1) is 17.5. The molecule has 2 aromatic carbocycles. The summed E-state index contributed by atoms with van der Waals surface area (Å²) in [5.74, 6) is -0.233. The summed E-state index contributed by atoms with van der Waals surface area (Å²) in [6.07, 6.45) is 0.0890. The third-order valence-electron chi connectivity index (χ3n) is 4.20. The maximum absolute atomic E-state index is 12.8. The lowest BCUT2D eigenvalue weighted by atomic mass is 10.2. The van der Waals surface area contributed by atoms with Crippen molar-refractivity contribution >= 4 is 57.5 Å². The Morgan fingerprint density at radius 3 is 2.70 bits per heavy atom. The van der Waals surface area contributed by atoms with Crippen LogP contribution in [0.2, 0.25) is 5.02 Å². The monoisotopic (exact) mass is 399 g/mol. The Balaban J connectivity index is 1.59. The van der Waals surface area contributed by atoms with E-state index in [1.807, 2.05) is 18.2 Å². The highest BCUT2D eigenvalue weighted by molar-refractivity contribution is 7.71. The van der Waals surface area contributed by atoms with E-state index in [2.05, 4.69) is 10.3 Å². The van der Waals surface area contributed by atoms with Gasteiger partial charge in [0.1, 0.15) is 11.1 Å². The number of amides is 1. The zero-order valence-corrected chi connectivity index (χ0v) is 15.6. The van der Waals surface area contributed by atoms with Crippen LogP contribution in [0.4, 0.5) is 5.69 Å². The van der Waals surface area contributed by atoms with E-state index >= 15 is 0 Å². The van der Waals surface area contributed by atoms with Gasteiger partial charge in [0.25, 0.3) is 5.56 Å². The van der Waals surface area contributed by atoms with Crippen LogP contribution in [0.3, 0.4) is 0 Å². The molecule has 6 nitrogen and oxygen atoms in total. The number of fused-ring (bicyclic) bond motifs is 3. The minimum Gasteiger partial charge on any atom is -0.449 e. The Kier molecular flexibility index (Phi) is 4.55. The first-order valence-corrected chi connectivity index (χ1v) is 9.01. The summed E-state index contributed by atoms with van der Waals surface area (Å²) >= 11 is 11.1. The second-order valence-corrected chi connectivity index (χ2v) is 6.82. The zero-order chi connectivity index (χ0) is 19.0. The summed E-state index contributed by atoms with van der Waals surface area (Å²) < 4.78 is 7.25. The van der Waals surface area contributed by atoms with Crippen molar-refractivity contribution in [3.8, 4) is 0 Å². The summed E-state index contributed by atoms with van der Waals surface area (Å²) in [7, 11) is 0. The van der Waals surface area contributed by atoms with Crippen LogP contribution in [0.25, 0.3) is 22.1 Å². The third-order valence-corrected chi connectivity index (χ3v) is 4.78. The normalized spacial score (nSPS) is 11.1. The fraction of sp³-hybridized carbons (Fsp3) is 0.105. The highest BCUT2D eigenvalue weighted by atomic mass is 35.5. The van der Waals surface area contributed by atoms with E-state index in [0.717, 1.165) is 5.39 Å². The van der Waals surface area contributed by atoms with Crippen LogP contribution in [-0.4, -0.2) is 15.5 Å². The van der Waals surface area contributed by atoms with Gasteiger partial charge in [-0.15, -0.1) is 0 Å². The smallest absolute Gasteiger partial charge is 0.297 e. The lowest BCUT2D eigenvalue weighted by molar-refractivity contribution is -0.116. The van der Waals surface area contributed by atoms with E-state index in [4.69, 9.17) is 28.2 Å². The fourth-order valence-electron chi connectivity index (χ4n) is 2.88. The molecule has 0 atom stereocenters. The number of aromatic nitrogens is 2. The second kappa shape index (κ2) is 7.02. The maximum atomic E-state index is 12.8. The Morgan fingerprint density at radius 1 is 1.19 bits per heavy atom. The molecule has 2 heterocycles. The van der Waals surface area contributed by atoms with Crippen LogP contribution >= 0.6 is 23.8 Å². The molecule has 1 amide bonds. The van der Waals surface area contributed by atoms with E-state index in [1.54, 1.807) is 30.3 Å². The highest BCUT2D eigenvalue weighted by Crippen LogP contribution is 2.24. The number of furan rings is 1. The van der Waals surface area contributed by atoms with E-state index in [9.17, 15) is 9.59 Å². The maximum Gasteiger partial charge on any atom is 0.297 e. The number of halogens is 1. The van der Waals surface area contributed by atoms with Crippen LogP contribution in [-0.2, 0) is 11.3 Å². The number of anilines is 1. The number of nitrogens with one attached hydrogen (secondary N) is 2. The van der Waals surface area contributed by atoms with E-state index in [1.165, 1.54) is 4.57 Å². The first-order valence-electron chi connectivity index (χ1n) is 8.23. The number of hydrogen-bond donors (Lipinski definition) is 2. The van der Waals surface area contributed by atoms with Crippen molar-refractivity contribution in [3.05, 3.63) is 68.7 Å². The minimum atomic E-state index is -0.357. The predicted octanol–water partition coefficient (Wildman–Crippen LogP) is 4.49. The number of hydrogen-bond acceptors (Lipinski definition) is 4. The number of benzene rings is 2. The molecule has 0 saturated carbocycles. The minimum absolute atomic E-state index is 0.0890. The topological polar surface area (TPSA) is 80.0 Å². The van der Waals surface area contributed by atoms with Gasteiger partial charge in [-0.1, -0.05) is 23.7 Å². The van der Waals surface area contributed by atoms with Gasteiger partial charge in [0, 0.05) is 29.1 Å². The molecule has 4 aromatic rings. The lowest BCUT2D eigenvalue weighted by Crippen LogP contribution is -2.24. The Hall–Kier alpha value is -2.90. The molecule has 0 radical (unpaired) electrons. The molecule has 4 rings (SSSR count). The van der Waals surface area contributed by atoms with Crippen LogP contribution < -0.4 is 10.9 Å². The fourth-order valence-corrected chi connectivity index (χ4v) is 3.28. The van der Waals surface area contributed by atoms with Gasteiger partial charge in [-0.2, -0.15) is 0 Å². The number of rotatable bonds is 4. The zero-order valence-electron chi connectivity index (χ0n) is 14.0. The van der Waals surface area contributed by atoms with Crippen molar-refractivity contribution in [2.24, 2.45) is 0 Å². The quantitative estimate of drug-likeness (QED) is 0.495. The molecule has 0 saturated heterocycles. The van der Waals surface area contributed by atoms with Crippen molar-refractivity contribution in [3.63, 3.8) is 0 Å². The van der Waals surface area contributed by atoms with Crippen LogP contribution in [0.1, 0.15) is 6.42 Å². The van der Waals surface area contributed by atoms with Crippen molar-refractivity contribution in [2.75, 3.05) is 5.32 Å². The van der Waals surface area contributed by atoms with Gasteiger partial charge in [-0.05, 0) is 48.6 Å². The van der Waals surface area contributed by atoms with Gasteiger partial charge >= 0.3 is 0 Å². The summed E-state index contributed by atoms with van der Waals surface area (Å²) in [6.45, 7) is 0.139. The van der Waals surface area contributed by atoms with Gasteiger partial charge in [0.05, 0.1) is 0 Å². The molecule has 0 spiro atoms. The predicted molar refractivity (Wildman–Crippen MR) is 108 cm³/mol. The first-order chi connectivity index (χ1) is 13.0.